The van der Waals surface area contributed by atoms with Crippen LogP contribution in [0, 0.1) is 12.8 Å². The van der Waals surface area contributed by atoms with Gasteiger partial charge in [0, 0.05) is 16.6 Å². The molecule has 2 atom stereocenters. The minimum absolute atomic E-state index is 0.203. The summed E-state index contributed by atoms with van der Waals surface area (Å²) < 4.78 is 0. The highest BCUT2D eigenvalue weighted by atomic mass is 32.2. The number of hydrogen-bond donors (Lipinski definition) is 2. The topological polar surface area (TPSA) is 46.2 Å². The number of thioether (sulfide) groups is 1. The zero-order valence-corrected chi connectivity index (χ0v) is 9.05. The van der Waals surface area contributed by atoms with Crippen molar-refractivity contribution in [3.8, 4) is 0 Å². The highest BCUT2D eigenvalue weighted by molar-refractivity contribution is 7.99. The summed E-state index contributed by atoms with van der Waals surface area (Å²) in [6, 6.07) is 6.24. The number of aliphatic hydroxyl groups excluding tert-OH is 1. The standard InChI is InChI=1S/C11H15NOS/c1-7-2-3-10-9(4-7)11(13)8(5-12)6-14-10/h2-4,8,11,13H,5-6,12H2,1H3. The Balaban J connectivity index is 2.38. The van der Waals surface area contributed by atoms with Crippen molar-refractivity contribution in [2.24, 2.45) is 11.7 Å². The van der Waals surface area contributed by atoms with Gasteiger partial charge in [0.25, 0.3) is 0 Å². The summed E-state index contributed by atoms with van der Waals surface area (Å²) in [4.78, 5) is 1.20. The fourth-order valence-corrected chi connectivity index (χ4v) is 2.99. The lowest BCUT2D eigenvalue weighted by atomic mass is 9.95. The molecule has 0 radical (unpaired) electrons. The monoisotopic (exact) mass is 209 g/mol. The maximum atomic E-state index is 10.1. The fourth-order valence-electron chi connectivity index (χ4n) is 1.77. The van der Waals surface area contributed by atoms with Gasteiger partial charge in [0.1, 0.15) is 0 Å². The third-order valence-corrected chi connectivity index (χ3v) is 3.96. The molecule has 0 spiro atoms. The van der Waals surface area contributed by atoms with E-state index in [-0.39, 0.29) is 12.0 Å². The third-order valence-electron chi connectivity index (χ3n) is 2.69. The van der Waals surface area contributed by atoms with Gasteiger partial charge in [0.15, 0.2) is 0 Å². The van der Waals surface area contributed by atoms with Crippen LogP contribution in [0.2, 0.25) is 0 Å². The molecule has 1 heterocycles. The van der Waals surface area contributed by atoms with Gasteiger partial charge in [-0.1, -0.05) is 17.7 Å². The Kier molecular flexibility index (Phi) is 2.81. The van der Waals surface area contributed by atoms with Crippen LogP contribution in [0.15, 0.2) is 23.1 Å². The maximum Gasteiger partial charge on any atom is 0.0849 e. The smallest absolute Gasteiger partial charge is 0.0849 e. The van der Waals surface area contributed by atoms with Gasteiger partial charge in [-0.05, 0) is 25.1 Å². The van der Waals surface area contributed by atoms with Gasteiger partial charge in [-0.25, -0.2) is 0 Å². The molecule has 2 unspecified atom stereocenters. The Morgan fingerprint density at radius 1 is 1.57 bits per heavy atom. The van der Waals surface area contributed by atoms with E-state index in [1.807, 2.05) is 6.92 Å². The van der Waals surface area contributed by atoms with Gasteiger partial charge in [-0.2, -0.15) is 0 Å². The number of hydrogen-bond acceptors (Lipinski definition) is 3. The molecule has 0 aliphatic carbocycles. The minimum atomic E-state index is -0.379. The second-order valence-corrected chi connectivity index (χ2v) is 4.85. The van der Waals surface area contributed by atoms with E-state index in [1.165, 1.54) is 10.5 Å². The third kappa shape index (κ3) is 1.67. The number of aryl methyl sites for hydroxylation is 1. The van der Waals surface area contributed by atoms with E-state index in [4.69, 9.17) is 5.73 Å². The Labute approximate surface area is 88.5 Å². The minimum Gasteiger partial charge on any atom is -0.388 e. The summed E-state index contributed by atoms with van der Waals surface area (Å²) in [6.45, 7) is 2.60. The normalized spacial score (nSPS) is 25.9. The van der Waals surface area contributed by atoms with Gasteiger partial charge in [0.05, 0.1) is 6.10 Å². The molecular weight excluding hydrogens is 194 g/mol. The van der Waals surface area contributed by atoms with Crippen LogP contribution in [0.1, 0.15) is 17.2 Å². The number of benzene rings is 1. The molecule has 2 nitrogen and oxygen atoms in total. The van der Waals surface area contributed by atoms with Crippen LogP contribution >= 0.6 is 11.8 Å². The summed E-state index contributed by atoms with van der Waals surface area (Å²) in [5.74, 6) is 1.13. The quantitative estimate of drug-likeness (QED) is 0.740. The largest absolute Gasteiger partial charge is 0.388 e. The zero-order valence-electron chi connectivity index (χ0n) is 8.23. The van der Waals surface area contributed by atoms with E-state index in [2.05, 4.69) is 18.2 Å². The Morgan fingerprint density at radius 3 is 3.07 bits per heavy atom. The zero-order chi connectivity index (χ0) is 10.1. The van der Waals surface area contributed by atoms with E-state index in [9.17, 15) is 5.11 Å². The summed E-state index contributed by atoms with van der Waals surface area (Å²) in [7, 11) is 0. The molecule has 1 aliphatic heterocycles. The van der Waals surface area contributed by atoms with Gasteiger partial charge >= 0.3 is 0 Å². The number of fused-ring (bicyclic) bond motifs is 1. The van der Waals surface area contributed by atoms with Crippen LogP contribution in [0.25, 0.3) is 0 Å². The average Bonchev–Trinajstić information content (AvgIpc) is 2.20. The van der Waals surface area contributed by atoms with E-state index < -0.39 is 0 Å². The number of nitrogens with two attached hydrogens (primary N) is 1. The highest BCUT2D eigenvalue weighted by Crippen LogP contribution is 2.39. The molecule has 0 saturated heterocycles. The van der Waals surface area contributed by atoms with E-state index in [0.29, 0.717) is 6.54 Å². The van der Waals surface area contributed by atoms with E-state index >= 15 is 0 Å². The lowest BCUT2D eigenvalue weighted by molar-refractivity contribution is 0.119. The molecule has 76 valence electrons. The van der Waals surface area contributed by atoms with Crippen LogP contribution in [0.5, 0.6) is 0 Å². The molecule has 0 saturated carbocycles. The van der Waals surface area contributed by atoms with Crippen molar-refractivity contribution in [3.05, 3.63) is 29.3 Å². The lowest BCUT2D eigenvalue weighted by Gasteiger charge is -2.28. The predicted octanol–water partition coefficient (Wildman–Crippen LogP) is 1.71. The second kappa shape index (κ2) is 3.93. The molecule has 0 fully saturated rings. The summed E-state index contributed by atoms with van der Waals surface area (Å²) in [6.07, 6.45) is -0.379. The SMILES string of the molecule is Cc1ccc2c(c1)C(O)C(CN)CS2. The summed E-state index contributed by atoms with van der Waals surface area (Å²) in [5, 5.41) is 10.1. The van der Waals surface area contributed by atoms with Crippen LogP contribution < -0.4 is 5.73 Å². The molecule has 1 aromatic rings. The molecule has 14 heavy (non-hydrogen) atoms. The second-order valence-electron chi connectivity index (χ2n) is 3.79. The molecule has 3 N–H and O–H groups in total. The van der Waals surface area contributed by atoms with Crippen molar-refractivity contribution in [2.45, 2.75) is 17.9 Å². The van der Waals surface area contributed by atoms with Crippen molar-refractivity contribution in [3.63, 3.8) is 0 Å². The van der Waals surface area contributed by atoms with Crippen molar-refractivity contribution in [2.75, 3.05) is 12.3 Å². The van der Waals surface area contributed by atoms with Crippen LogP contribution in [-0.4, -0.2) is 17.4 Å². The highest BCUT2D eigenvalue weighted by Gasteiger charge is 2.27. The molecule has 0 bridgehead atoms. The van der Waals surface area contributed by atoms with Crippen LogP contribution in [0.3, 0.4) is 0 Å². The number of rotatable bonds is 1. The molecule has 3 heteroatoms. The average molecular weight is 209 g/mol. The Bertz CT molecular complexity index is 340. The first-order valence-corrected chi connectivity index (χ1v) is 5.82. The van der Waals surface area contributed by atoms with Gasteiger partial charge in [-0.3, -0.25) is 0 Å². The number of aliphatic hydroxyl groups is 1. The van der Waals surface area contributed by atoms with Crippen molar-refractivity contribution in [1.82, 2.24) is 0 Å². The fraction of sp³-hybridized carbons (Fsp3) is 0.455. The molecule has 0 aromatic heterocycles. The Hall–Kier alpha value is -0.510. The first kappa shape index (κ1) is 10.0. The lowest BCUT2D eigenvalue weighted by Crippen LogP contribution is -2.27. The molecule has 0 amide bonds. The van der Waals surface area contributed by atoms with Crippen molar-refractivity contribution in [1.29, 1.82) is 0 Å². The van der Waals surface area contributed by atoms with Gasteiger partial charge in [0.2, 0.25) is 0 Å². The maximum absolute atomic E-state index is 10.1. The molecule has 1 aromatic carbocycles. The van der Waals surface area contributed by atoms with E-state index in [0.717, 1.165) is 11.3 Å². The van der Waals surface area contributed by atoms with Crippen molar-refractivity contribution >= 4 is 11.8 Å². The molecule has 1 aliphatic rings. The van der Waals surface area contributed by atoms with Crippen LogP contribution in [0.4, 0.5) is 0 Å². The molecular formula is C11H15NOS. The van der Waals surface area contributed by atoms with Gasteiger partial charge in [-0.15, -0.1) is 11.8 Å². The summed E-state index contributed by atoms with van der Waals surface area (Å²) in [5.41, 5.74) is 7.86. The Morgan fingerprint density at radius 2 is 2.36 bits per heavy atom. The first-order valence-electron chi connectivity index (χ1n) is 4.84. The summed E-state index contributed by atoms with van der Waals surface area (Å²) >= 11 is 1.79. The molecule has 2 rings (SSSR count). The van der Waals surface area contributed by atoms with Gasteiger partial charge < -0.3 is 10.8 Å². The predicted molar refractivity (Wildman–Crippen MR) is 59.4 cm³/mol. The van der Waals surface area contributed by atoms with Crippen LogP contribution in [-0.2, 0) is 0 Å². The van der Waals surface area contributed by atoms with Crippen molar-refractivity contribution < 1.29 is 5.11 Å². The first-order chi connectivity index (χ1) is 6.72. The van der Waals surface area contributed by atoms with E-state index in [1.54, 1.807) is 11.8 Å².